The summed E-state index contributed by atoms with van der Waals surface area (Å²) in [5.41, 5.74) is 4.29. The molecule has 1 heterocycles. The summed E-state index contributed by atoms with van der Waals surface area (Å²) in [7, 11) is 0. The molecular weight excluding hydrogens is 654 g/mol. The van der Waals surface area contributed by atoms with Crippen molar-refractivity contribution in [3.8, 4) is 5.75 Å². The van der Waals surface area contributed by atoms with E-state index in [4.69, 9.17) is 14.2 Å². The molecule has 1 N–H and O–H groups in total. The fourth-order valence-electron chi connectivity index (χ4n) is 6.10. The van der Waals surface area contributed by atoms with Crippen molar-refractivity contribution in [1.82, 2.24) is 4.57 Å². The molecule has 0 aliphatic heterocycles. The number of carbonyl (C=O) groups is 3. The maximum absolute atomic E-state index is 13.6. The number of esters is 2. The molecule has 0 saturated heterocycles. The second kappa shape index (κ2) is 20.0. The van der Waals surface area contributed by atoms with E-state index in [1.54, 1.807) is 29.0 Å². The predicted octanol–water partition coefficient (Wildman–Crippen LogP) is 9.05. The van der Waals surface area contributed by atoms with E-state index in [0.29, 0.717) is 27.8 Å². The van der Waals surface area contributed by atoms with Crippen molar-refractivity contribution in [1.29, 1.82) is 0 Å². The summed E-state index contributed by atoms with van der Waals surface area (Å²) in [6, 6.07) is 31.8. The number of benzene rings is 4. The van der Waals surface area contributed by atoms with Crippen LogP contribution in [-0.4, -0.2) is 40.1 Å². The van der Waals surface area contributed by atoms with Gasteiger partial charge in [-0.3, -0.25) is 9.59 Å². The first-order chi connectivity index (χ1) is 25.4. The van der Waals surface area contributed by atoms with Crippen molar-refractivity contribution in [2.75, 3.05) is 6.61 Å². The van der Waals surface area contributed by atoms with Gasteiger partial charge in [-0.15, -0.1) is 0 Å². The minimum absolute atomic E-state index is 0.0525. The average molecular weight is 704 g/mol. The Kier molecular flexibility index (Phi) is 14.6. The molecule has 0 spiro atoms. The highest BCUT2D eigenvalue weighted by atomic mass is 16.5. The molecular formula is C44H49NO7. The maximum atomic E-state index is 13.6. The third-order valence-electron chi connectivity index (χ3n) is 9.02. The number of rotatable bonds is 21. The monoisotopic (exact) mass is 703 g/mol. The van der Waals surface area contributed by atoms with Gasteiger partial charge in [0.05, 0.1) is 18.5 Å². The number of Topliss-reactive ketones (excluding diaryl/α,β-unsaturated/α-hetero) is 1. The molecule has 4 aromatic carbocycles. The van der Waals surface area contributed by atoms with Crippen LogP contribution in [0.15, 0.2) is 109 Å². The Morgan fingerprint density at radius 3 is 2.06 bits per heavy atom. The molecule has 0 amide bonds. The summed E-state index contributed by atoms with van der Waals surface area (Å²) in [5.74, 6) is -0.597. The molecule has 0 aliphatic rings. The highest BCUT2D eigenvalue weighted by Crippen LogP contribution is 2.26. The number of nitrogens with zero attached hydrogens (tertiary/aromatic N) is 1. The number of carbonyl (C=O) groups excluding carboxylic acids is 3. The van der Waals surface area contributed by atoms with Gasteiger partial charge >= 0.3 is 11.9 Å². The van der Waals surface area contributed by atoms with Crippen LogP contribution in [0.3, 0.4) is 0 Å². The van der Waals surface area contributed by atoms with E-state index in [-0.39, 0.29) is 45.0 Å². The summed E-state index contributed by atoms with van der Waals surface area (Å²) in [4.78, 5) is 39.1. The molecule has 5 rings (SSSR count). The van der Waals surface area contributed by atoms with E-state index in [9.17, 15) is 19.5 Å². The van der Waals surface area contributed by atoms with Crippen LogP contribution in [0.2, 0.25) is 0 Å². The molecule has 8 heteroatoms. The van der Waals surface area contributed by atoms with E-state index in [1.165, 1.54) is 44.1 Å². The van der Waals surface area contributed by atoms with Crippen LogP contribution >= 0.6 is 0 Å². The minimum Gasteiger partial charge on any atom is -0.491 e. The number of aliphatic hydroxyl groups excluding tert-OH is 1. The third-order valence-corrected chi connectivity index (χ3v) is 9.02. The summed E-state index contributed by atoms with van der Waals surface area (Å²) >= 11 is 0. The van der Waals surface area contributed by atoms with Gasteiger partial charge in [0.25, 0.3) is 0 Å². The first-order valence-corrected chi connectivity index (χ1v) is 18.4. The van der Waals surface area contributed by atoms with Crippen LogP contribution in [-0.2, 0) is 40.4 Å². The van der Waals surface area contributed by atoms with E-state index in [0.717, 1.165) is 17.5 Å². The summed E-state index contributed by atoms with van der Waals surface area (Å²) in [6.07, 6.45) is 9.22. The molecule has 0 radical (unpaired) electrons. The SMILES string of the molecule is CCCCCCCCc1ccc(OCC(O)Cn2cc(C(=O)CCC(=O)OCc3ccccc3)c3cc(C(=O)OCc4ccccc4)ccc32)cc1. The smallest absolute Gasteiger partial charge is 0.338 e. The molecule has 272 valence electrons. The number of ether oxygens (including phenoxy) is 3. The van der Waals surface area contributed by atoms with Crippen molar-refractivity contribution in [3.63, 3.8) is 0 Å². The van der Waals surface area contributed by atoms with Gasteiger partial charge in [0, 0.05) is 29.1 Å². The standard InChI is InChI=1S/C44H49NO7/c1-2-3-4-5-6-9-14-33-19-22-38(23-20-33)50-32-37(46)28-45-29-40(42(47)25-26-43(48)51-30-34-15-10-7-11-16-34)39-27-36(21-24-41(39)45)44(49)52-31-35-17-12-8-13-18-35/h7-8,10-13,15-24,27,29,37,46H,2-6,9,14,25-26,28,30-32H2,1H3. The fourth-order valence-corrected chi connectivity index (χ4v) is 6.10. The number of unbranched alkanes of at least 4 members (excludes halogenated alkanes) is 5. The van der Waals surface area contributed by atoms with Gasteiger partial charge in [-0.25, -0.2) is 4.79 Å². The number of ketones is 1. The normalized spacial score (nSPS) is 11.7. The Morgan fingerprint density at radius 2 is 1.37 bits per heavy atom. The first-order valence-electron chi connectivity index (χ1n) is 18.4. The maximum Gasteiger partial charge on any atom is 0.338 e. The summed E-state index contributed by atoms with van der Waals surface area (Å²) < 4.78 is 18.6. The average Bonchev–Trinajstić information content (AvgIpc) is 3.54. The molecule has 0 bridgehead atoms. The van der Waals surface area contributed by atoms with Crippen LogP contribution in [0.1, 0.15) is 95.7 Å². The van der Waals surface area contributed by atoms with E-state index in [1.807, 2.05) is 72.8 Å². The molecule has 0 aliphatic carbocycles. The van der Waals surface area contributed by atoms with Crippen LogP contribution in [0.5, 0.6) is 5.75 Å². The molecule has 0 fully saturated rings. The van der Waals surface area contributed by atoms with Crippen molar-refractivity contribution in [2.45, 2.75) is 90.6 Å². The van der Waals surface area contributed by atoms with Crippen molar-refractivity contribution in [3.05, 3.63) is 137 Å². The number of aliphatic hydroxyl groups is 1. The lowest BCUT2D eigenvalue weighted by molar-refractivity contribution is -0.144. The Balaban J connectivity index is 1.22. The zero-order valence-electron chi connectivity index (χ0n) is 30.0. The Morgan fingerprint density at radius 1 is 0.712 bits per heavy atom. The van der Waals surface area contributed by atoms with E-state index >= 15 is 0 Å². The summed E-state index contributed by atoms with van der Waals surface area (Å²) in [6.45, 7) is 2.68. The molecule has 5 aromatic rings. The zero-order chi connectivity index (χ0) is 36.5. The van der Waals surface area contributed by atoms with Crippen molar-refractivity contribution < 1.29 is 33.7 Å². The molecule has 8 nitrogen and oxygen atoms in total. The Labute approximate surface area is 306 Å². The minimum atomic E-state index is -0.884. The molecule has 1 aromatic heterocycles. The lowest BCUT2D eigenvalue weighted by Crippen LogP contribution is -2.23. The highest BCUT2D eigenvalue weighted by molar-refractivity contribution is 6.10. The van der Waals surface area contributed by atoms with Gasteiger partial charge < -0.3 is 23.9 Å². The van der Waals surface area contributed by atoms with Crippen molar-refractivity contribution >= 4 is 28.6 Å². The Bertz CT molecular complexity index is 1870. The van der Waals surface area contributed by atoms with Gasteiger partial charge in [-0.05, 0) is 59.9 Å². The molecule has 52 heavy (non-hydrogen) atoms. The molecule has 1 atom stereocenters. The second-order valence-electron chi connectivity index (χ2n) is 13.2. The largest absolute Gasteiger partial charge is 0.491 e. The van der Waals surface area contributed by atoms with Gasteiger partial charge in [0.15, 0.2) is 5.78 Å². The molecule has 0 saturated carbocycles. The number of aryl methyl sites for hydroxylation is 1. The highest BCUT2D eigenvalue weighted by Gasteiger charge is 2.20. The van der Waals surface area contributed by atoms with Crippen LogP contribution in [0.4, 0.5) is 0 Å². The predicted molar refractivity (Wildman–Crippen MR) is 202 cm³/mol. The fraction of sp³-hybridized carbons (Fsp3) is 0.341. The van der Waals surface area contributed by atoms with E-state index < -0.39 is 18.0 Å². The number of hydrogen-bond donors (Lipinski definition) is 1. The second-order valence-corrected chi connectivity index (χ2v) is 13.2. The van der Waals surface area contributed by atoms with Crippen LogP contribution in [0, 0.1) is 0 Å². The van der Waals surface area contributed by atoms with Gasteiger partial charge in [0.2, 0.25) is 0 Å². The van der Waals surface area contributed by atoms with Crippen LogP contribution in [0.25, 0.3) is 10.9 Å². The first kappa shape index (κ1) is 38.0. The Hall–Kier alpha value is -5.21. The summed E-state index contributed by atoms with van der Waals surface area (Å²) in [5, 5.41) is 11.5. The number of aromatic nitrogens is 1. The van der Waals surface area contributed by atoms with Crippen LogP contribution < -0.4 is 4.74 Å². The van der Waals surface area contributed by atoms with Gasteiger partial charge in [-0.1, -0.05) is 112 Å². The van der Waals surface area contributed by atoms with E-state index in [2.05, 4.69) is 19.1 Å². The number of fused-ring (bicyclic) bond motifs is 1. The quantitative estimate of drug-likeness (QED) is 0.0462. The lowest BCUT2D eigenvalue weighted by Gasteiger charge is -2.14. The van der Waals surface area contributed by atoms with Gasteiger partial charge in [-0.2, -0.15) is 0 Å². The third kappa shape index (κ3) is 11.7. The van der Waals surface area contributed by atoms with Gasteiger partial charge in [0.1, 0.15) is 31.7 Å². The topological polar surface area (TPSA) is 104 Å². The number of hydrogen-bond acceptors (Lipinski definition) is 7. The molecule has 1 unspecified atom stereocenters. The zero-order valence-corrected chi connectivity index (χ0v) is 30.0. The lowest BCUT2D eigenvalue weighted by atomic mass is 10.0. The van der Waals surface area contributed by atoms with Crippen molar-refractivity contribution in [2.24, 2.45) is 0 Å².